The zero-order chi connectivity index (χ0) is 26.6. The standard InChI is InChI=1S/C36H38O2/c1-7-22-14-26(21(6)19(4)20(22)5)33-30-18(3)11-9-13-24(30)32-34(33)27-15-25-17(2)10-8-12-23(25)31(27)35-28(37)16-29(38)36(32)35/h8-13,19-22,26,33H,7,14-16H2,1-6H3. The normalized spacial score (nSPS) is 28.7. The number of aryl methyl sites for hydroxylation is 2. The van der Waals surface area contributed by atoms with Gasteiger partial charge in [0.25, 0.3) is 0 Å². The molecule has 2 heteroatoms. The molecule has 0 heterocycles. The highest BCUT2D eigenvalue weighted by Crippen LogP contribution is 2.62. The number of benzene rings is 3. The van der Waals surface area contributed by atoms with E-state index in [1.165, 1.54) is 57.3 Å². The minimum atomic E-state index is 0.00980. The van der Waals surface area contributed by atoms with Crippen LogP contribution in [0.1, 0.15) is 107 Å². The van der Waals surface area contributed by atoms with Gasteiger partial charge in [0.15, 0.2) is 11.6 Å². The van der Waals surface area contributed by atoms with Crippen LogP contribution in [0.15, 0.2) is 36.4 Å². The lowest BCUT2D eigenvalue weighted by atomic mass is 9.58. The van der Waals surface area contributed by atoms with Crippen LogP contribution in [-0.2, 0) is 6.42 Å². The molecule has 4 aliphatic carbocycles. The van der Waals surface area contributed by atoms with E-state index < -0.39 is 0 Å². The third-order valence-corrected chi connectivity index (χ3v) is 11.4. The number of carbonyl (C=O) groups excluding carboxylic acids is 2. The summed E-state index contributed by atoms with van der Waals surface area (Å²) in [4.78, 5) is 27.1. The van der Waals surface area contributed by atoms with Crippen molar-refractivity contribution >= 4 is 11.6 Å². The van der Waals surface area contributed by atoms with E-state index in [4.69, 9.17) is 0 Å². The fourth-order valence-corrected chi connectivity index (χ4v) is 9.09. The van der Waals surface area contributed by atoms with E-state index in [-0.39, 0.29) is 23.9 Å². The van der Waals surface area contributed by atoms with E-state index in [2.05, 4.69) is 77.9 Å². The lowest BCUT2D eigenvalue weighted by Crippen LogP contribution is -2.39. The van der Waals surface area contributed by atoms with E-state index in [1.807, 2.05) is 0 Å². The van der Waals surface area contributed by atoms with Gasteiger partial charge in [-0.3, -0.25) is 9.59 Å². The van der Waals surface area contributed by atoms with Gasteiger partial charge < -0.3 is 0 Å². The number of rotatable bonds is 2. The molecule has 3 aromatic rings. The van der Waals surface area contributed by atoms with Gasteiger partial charge in [0, 0.05) is 17.0 Å². The molecule has 0 aliphatic heterocycles. The highest BCUT2D eigenvalue weighted by molar-refractivity contribution is 6.30. The van der Waals surface area contributed by atoms with Crippen LogP contribution in [0.5, 0.6) is 0 Å². The molecule has 0 amide bonds. The van der Waals surface area contributed by atoms with Crippen molar-refractivity contribution in [1.82, 2.24) is 0 Å². The molecule has 2 nitrogen and oxygen atoms in total. The Balaban J connectivity index is 1.58. The Kier molecular flexibility index (Phi) is 5.22. The van der Waals surface area contributed by atoms with E-state index in [0.717, 1.165) is 29.0 Å². The van der Waals surface area contributed by atoms with Gasteiger partial charge in [0.05, 0.1) is 6.42 Å². The maximum Gasteiger partial charge on any atom is 0.171 e. The molecular formula is C36H38O2. The van der Waals surface area contributed by atoms with Gasteiger partial charge in [0.1, 0.15) is 0 Å². The summed E-state index contributed by atoms with van der Waals surface area (Å²) in [5, 5.41) is 0. The molecule has 6 unspecified atom stereocenters. The third kappa shape index (κ3) is 2.95. The van der Waals surface area contributed by atoms with Crippen molar-refractivity contribution in [3.63, 3.8) is 0 Å². The minimum Gasteiger partial charge on any atom is -0.294 e. The van der Waals surface area contributed by atoms with Gasteiger partial charge in [0.2, 0.25) is 0 Å². The fraction of sp³-hybridized carbons (Fsp3) is 0.444. The number of Topliss-reactive ketones (excluding diaryl/α,β-unsaturated/α-hetero) is 2. The molecule has 38 heavy (non-hydrogen) atoms. The zero-order valence-electron chi connectivity index (χ0n) is 23.6. The van der Waals surface area contributed by atoms with Crippen molar-refractivity contribution < 1.29 is 9.59 Å². The van der Waals surface area contributed by atoms with Crippen molar-refractivity contribution in [2.45, 2.75) is 73.1 Å². The average Bonchev–Trinajstić information content (AvgIpc) is 3.53. The number of ketones is 2. The number of fused-ring (bicyclic) bond motifs is 10. The summed E-state index contributed by atoms with van der Waals surface area (Å²) in [7, 11) is 0. The van der Waals surface area contributed by atoms with Gasteiger partial charge in [-0.2, -0.15) is 0 Å². The molecule has 1 fully saturated rings. The zero-order valence-corrected chi connectivity index (χ0v) is 23.6. The second kappa shape index (κ2) is 8.25. The van der Waals surface area contributed by atoms with Crippen LogP contribution < -0.4 is 0 Å². The first-order valence-electron chi connectivity index (χ1n) is 14.7. The van der Waals surface area contributed by atoms with Crippen LogP contribution in [0.25, 0.3) is 22.3 Å². The Hall–Kier alpha value is -3.00. The summed E-state index contributed by atoms with van der Waals surface area (Å²) in [6.07, 6.45) is 3.32. The second-order valence-electron chi connectivity index (χ2n) is 12.9. The second-order valence-corrected chi connectivity index (χ2v) is 12.9. The van der Waals surface area contributed by atoms with Crippen molar-refractivity contribution in [3.8, 4) is 22.3 Å². The molecule has 0 N–H and O–H groups in total. The Morgan fingerprint density at radius 2 is 1.34 bits per heavy atom. The predicted octanol–water partition coefficient (Wildman–Crippen LogP) is 8.71. The Labute approximate surface area is 226 Å². The summed E-state index contributed by atoms with van der Waals surface area (Å²) in [6.45, 7) is 14.2. The van der Waals surface area contributed by atoms with Crippen LogP contribution in [0.2, 0.25) is 0 Å². The van der Waals surface area contributed by atoms with E-state index >= 15 is 0 Å². The molecule has 0 bridgehead atoms. The quantitative estimate of drug-likeness (QED) is 0.257. The highest BCUT2D eigenvalue weighted by Gasteiger charge is 2.50. The molecule has 3 aromatic carbocycles. The van der Waals surface area contributed by atoms with Crippen molar-refractivity contribution in [2.75, 3.05) is 0 Å². The topological polar surface area (TPSA) is 34.1 Å². The number of hydrogen-bond acceptors (Lipinski definition) is 2. The number of carbonyl (C=O) groups is 2. The molecule has 0 saturated heterocycles. The molecular weight excluding hydrogens is 464 g/mol. The maximum absolute atomic E-state index is 13.6. The molecule has 194 valence electrons. The molecule has 6 atom stereocenters. The first-order chi connectivity index (χ1) is 18.2. The van der Waals surface area contributed by atoms with Gasteiger partial charge in [-0.05, 0) is 112 Å². The third-order valence-electron chi connectivity index (χ3n) is 11.4. The summed E-state index contributed by atoms with van der Waals surface area (Å²) in [5.41, 5.74) is 14.1. The fourth-order valence-electron chi connectivity index (χ4n) is 9.09. The lowest BCUT2D eigenvalue weighted by molar-refractivity contribution is 0.0566. The first-order valence-corrected chi connectivity index (χ1v) is 14.7. The van der Waals surface area contributed by atoms with Crippen molar-refractivity contribution in [1.29, 1.82) is 0 Å². The van der Waals surface area contributed by atoms with E-state index in [0.29, 0.717) is 29.2 Å². The monoisotopic (exact) mass is 502 g/mol. The summed E-state index contributed by atoms with van der Waals surface area (Å²) >= 11 is 0. The van der Waals surface area contributed by atoms with Gasteiger partial charge in [-0.25, -0.2) is 0 Å². The summed E-state index contributed by atoms with van der Waals surface area (Å²) in [6, 6.07) is 13.1. The summed E-state index contributed by atoms with van der Waals surface area (Å²) in [5.74, 6) is 3.50. The Morgan fingerprint density at radius 3 is 2.05 bits per heavy atom. The van der Waals surface area contributed by atoms with Crippen LogP contribution in [0.3, 0.4) is 0 Å². The molecule has 0 aromatic heterocycles. The van der Waals surface area contributed by atoms with Crippen LogP contribution in [0.4, 0.5) is 0 Å². The lowest BCUT2D eigenvalue weighted by Gasteiger charge is -2.46. The average molecular weight is 503 g/mol. The van der Waals surface area contributed by atoms with Gasteiger partial charge in [-0.15, -0.1) is 0 Å². The van der Waals surface area contributed by atoms with Crippen molar-refractivity contribution in [2.24, 2.45) is 29.6 Å². The van der Waals surface area contributed by atoms with Crippen LogP contribution in [0, 0.1) is 43.4 Å². The SMILES string of the molecule is CCC1CC(C2c3c(C)cccc3-c3c4c(c5c(c32)Cc2c(C)cccc2-5)C(=O)CC4=O)C(C)C(C)C1C. The molecule has 1 saturated carbocycles. The predicted molar refractivity (Wildman–Crippen MR) is 154 cm³/mol. The van der Waals surface area contributed by atoms with Crippen LogP contribution in [-0.4, -0.2) is 11.6 Å². The smallest absolute Gasteiger partial charge is 0.171 e. The van der Waals surface area contributed by atoms with E-state index in [9.17, 15) is 9.59 Å². The van der Waals surface area contributed by atoms with Crippen molar-refractivity contribution in [3.05, 3.63) is 80.9 Å². The highest BCUT2D eigenvalue weighted by atomic mass is 16.2. The first kappa shape index (κ1) is 24.1. The Bertz CT molecular complexity index is 1550. The van der Waals surface area contributed by atoms with Gasteiger partial charge >= 0.3 is 0 Å². The minimum absolute atomic E-state index is 0.00980. The number of hydrogen-bond donors (Lipinski definition) is 0. The van der Waals surface area contributed by atoms with Gasteiger partial charge in [-0.1, -0.05) is 70.5 Å². The molecule has 4 aliphatic rings. The molecule has 0 spiro atoms. The Morgan fingerprint density at radius 1 is 0.684 bits per heavy atom. The largest absolute Gasteiger partial charge is 0.294 e. The van der Waals surface area contributed by atoms with Crippen LogP contribution >= 0.6 is 0 Å². The summed E-state index contributed by atoms with van der Waals surface area (Å²) < 4.78 is 0. The molecule has 0 radical (unpaired) electrons. The molecule has 7 rings (SSSR count). The van der Waals surface area contributed by atoms with E-state index in [1.54, 1.807) is 0 Å². The maximum atomic E-state index is 13.6.